The molecule has 3 amide bonds. The van der Waals surface area contributed by atoms with Gasteiger partial charge in [0.2, 0.25) is 5.91 Å². The number of hydrogen-bond donors (Lipinski definition) is 3. The first-order valence-electron chi connectivity index (χ1n) is 10.1. The van der Waals surface area contributed by atoms with Crippen molar-refractivity contribution in [2.24, 2.45) is 0 Å². The van der Waals surface area contributed by atoms with Crippen molar-refractivity contribution in [1.29, 1.82) is 0 Å². The standard InChI is InChI=1S/C23H23N3O4S2/c27-18-12-10-17(11-13-18)21(29)25-24-20(28)9-5-2-6-14-26-22(30)19(32-23(26)31)15-16-7-3-1-4-8-16/h1,3-4,7-8,10-13,15,27H,2,5-6,9,14H2,(H,24,28)(H,25,29). The molecule has 0 atom stereocenters. The molecule has 1 aliphatic rings. The van der Waals surface area contributed by atoms with Crippen LogP contribution >= 0.6 is 24.0 Å². The van der Waals surface area contributed by atoms with Crippen LogP contribution in [0.4, 0.5) is 0 Å². The average molecular weight is 470 g/mol. The van der Waals surface area contributed by atoms with Crippen LogP contribution in [0.3, 0.4) is 0 Å². The number of amides is 3. The maximum Gasteiger partial charge on any atom is 0.269 e. The molecule has 32 heavy (non-hydrogen) atoms. The Bertz CT molecular complexity index is 1020. The van der Waals surface area contributed by atoms with Crippen LogP contribution in [0.5, 0.6) is 5.75 Å². The number of carbonyl (C=O) groups is 3. The van der Waals surface area contributed by atoms with Crippen molar-refractivity contribution in [3.8, 4) is 5.75 Å². The Balaban J connectivity index is 1.34. The molecular formula is C23H23N3O4S2. The third kappa shape index (κ3) is 6.66. The maximum absolute atomic E-state index is 12.6. The molecule has 0 aromatic heterocycles. The number of carbonyl (C=O) groups excluding carboxylic acids is 3. The van der Waals surface area contributed by atoms with Crippen LogP contribution in [-0.2, 0) is 9.59 Å². The summed E-state index contributed by atoms with van der Waals surface area (Å²) in [6, 6.07) is 15.3. The van der Waals surface area contributed by atoms with Gasteiger partial charge in [-0.1, -0.05) is 60.7 Å². The number of phenolic OH excluding ortho intramolecular Hbond substituents is 1. The van der Waals surface area contributed by atoms with Crippen LogP contribution < -0.4 is 10.9 Å². The number of unbranched alkanes of at least 4 members (excludes halogenated alkanes) is 2. The Hall–Kier alpha value is -3.17. The third-order valence-electron chi connectivity index (χ3n) is 4.70. The Kier molecular flexibility index (Phi) is 8.41. The van der Waals surface area contributed by atoms with Crippen molar-refractivity contribution < 1.29 is 19.5 Å². The Morgan fingerprint density at radius 2 is 1.72 bits per heavy atom. The third-order valence-corrected chi connectivity index (χ3v) is 6.08. The highest BCUT2D eigenvalue weighted by Gasteiger charge is 2.31. The number of thiocarbonyl (C=S) groups is 1. The molecule has 3 rings (SSSR count). The zero-order chi connectivity index (χ0) is 22.9. The van der Waals surface area contributed by atoms with E-state index in [1.54, 1.807) is 4.90 Å². The van der Waals surface area contributed by atoms with Crippen molar-refractivity contribution in [2.75, 3.05) is 6.54 Å². The summed E-state index contributed by atoms with van der Waals surface area (Å²) in [4.78, 5) is 38.7. The lowest BCUT2D eigenvalue weighted by atomic mass is 10.2. The molecule has 1 fully saturated rings. The van der Waals surface area contributed by atoms with Gasteiger partial charge in [-0.05, 0) is 48.7 Å². The van der Waals surface area contributed by atoms with Gasteiger partial charge in [0.05, 0.1) is 4.91 Å². The van der Waals surface area contributed by atoms with Gasteiger partial charge in [0.15, 0.2) is 0 Å². The number of nitrogens with one attached hydrogen (secondary N) is 2. The van der Waals surface area contributed by atoms with E-state index in [1.807, 2.05) is 36.4 Å². The summed E-state index contributed by atoms with van der Waals surface area (Å²) in [7, 11) is 0. The molecule has 0 radical (unpaired) electrons. The largest absolute Gasteiger partial charge is 0.508 e. The van der Waals surface area contributed by atoms with E-state index in [2.05, 4.69) is 10.9 Å². The molecule has 0 saturated carbocycles. The second-order valence-corrected chi connectivity index (χ2v) is 8.78. The van der Waals surface area contributed by atoms with Gasteiger partial charge in [0.1, 0.15) is 10.1 Å². The highest BCUT2D eigenvalue weighted by Crippen LogP contribution is 2.32. The number of benzene rings is 2. The summed E-state index contributed by atoms with van der Waals surface area (Å²) in [5.41, 5.74) is 6.00. The van der Waals surface area contributed by atoms with Crippen molar-refractivity contribution in [2.45, 2.75) is 25.7 Å². The van der Waals surface area contributed by atoms with Crippen LogP contribution in [-0.4, -0.2) is 38.6 Å². The predicted octanol–water partition coefficient (Wildman–Crippen LogP) is 3.62. The van der Waals surface area contributed by atoms with Crippen molar-refractivity contribution >= 4 is 52.1 Å². The number of nitrogens with zero attached hydrogens (tertiary/aromatic N) is 1. The lowest BCUT2D eigenvalue weighted by molar-refractivity contribution is -0.123. The fourth-order valence-corrected chi connectivity index (χ4v) is 4.31. The molecule has 9 heteroatoms. The van der Waals surface area contributed by atoms with Gasteiger partial charge in [-0.25, -0.2) is 0 Å². The van der Waals surface area contributed by atoms with Crippen molar-refractivity contribution in [3.05, 3.63) is 70.6 Å². The van der Waals surface area contributed by atoms with E-state index in [-0.39, 0.29) is 24.0 Å². The number of thioether (sulfide) groups is 1. The minimum atomic E-state index is -0.462. The number of hydrazine groups is 1. The number of hydrogen-bond acceptors (Lipinski definition) is 6. The summed E-state index contributed by atoms with van der Waals surface area (Å²) in [5, 5.41) is 9.23. The van der Waals surface area contributed by atoms with Crippen LogP contribution in [0.1, 0.15) is 41.6 Å². The van der Waals surface area contributed by atoms with Crippen molar-refractivity contribution in [1.82, 2.24) is 15.8 Å². The predicted molar refractivity (Wildman–Crippen MR) is 129 cm³/mol. The highest BCUT2D eigenvalue weighted by molar-refractivity contribution is 8.26. The van der Waals surface area contributed by atoms with E-state index < -0.39 is 5.91 Å². The summed E-state index contributed by atoms with van der Waals surface area (Å²) < 4.78 is 0.548. The quantitative estimate of drug-likeness (QED) is 0.236. The van der Waals surface area contributed by atoms with Gasteiger partial charge in [0.25, 0.3) is 11.8 Å². The van der Waals surface area contributed by atoms with Crippen LogP contribution in [0.2, 0.25) is 0 Å². The zero-order valence-corrected chi connectivity index (χ0v) is 18.9. The molecule has 0 aliphatic carbocycles. The Morgan fingerprint density at radius 1 is 1.00 bits per heavy atom. The van der Waals surface area contributed by atoms with E-state index in [1.165, 1.54) is 36.0 Å². The first-order chi connectivity index (χ1) is 15.4. The monoisotopic (exact) mass is 469 g/mol. The average Bonchev–Trinajstić information content (AvgIpc) is 3.05. The summed E-state index contributed by atoms with van der Waals surface area (Å²) in [6.07, 6.45) is 4.18. The molecule has 0 unspecified atom stereocenters. The molecule has 0 bridgehead atoms. The lowest BCUT2D eigenvalue weighted by Crippen LogP contribution is -2.41. The molecule has 1 saturated heterocycles. The molecule has 2 aromatic rings. The molecule has 3 N–H and O–H groups in total. The summed E-state index contributed by atoms with van der Waals surface area (Å²) in [5.74, 6) is -0.785. The van der Waals surface area contributed by atoms with E-state index in [4.69, 9.17) is 12.2 Å². The normalized spacial score (nSPS) is 14.6. The zero-order valence-electron chi connectivity index (χ0n) is 17.2. The van der Waals surface area contributed by atoms with E-state index >= 15 is 0 Å². The first kappa shape index (κ1) is 23.5. The molecule has 166 valence electrons. The number of rotatable bonds is 8. The lowest BCUT2D eigenvalue weighted by Gasteiger charge is -2.14. The summed E-state index contributed by atoms with van der Waals surface area (Å²) >= 11 is 6.65. The first-order valence-corrected chi connectivity index (χ1v) is 11.3. The fraction of sp³-hybridized carbons (Fsp3) is 0.217. The van der Waals surface area contributed by atoms with Gasteiger partial charge in [-0.3, -0.25) is 30.1 Å². The number of phenols is 1. The van der Waals surface area contributed by atoms with Crippen LogP contribution in [0.15, 0.2) is 59.5 Å². The topological polar surface area (TPSA) is 98.7 Å². The summed E-state index contributed by atoms with van der Waals surface area (Å²) in [6.45, 7) is 0.510. The van der Waals surface area contributed by atoms with Crippen LogP contribution in [0.25, 0.3) is 6.08 Å². The molecule has 2 aromatic carbocycles. The minimum Gasteiger partial charge on any atom is -0.508 e. The van der Waals surface area contributed by atoms with Gasteiger partial charge in [-0.2, -0.15) is 0 Å². The smallest absolute Gasteiger partial charge is 0.269 e. The van der Waals surface area contributed by atoms with Crippen LogP contribution in [0, 0.1) is 0 Å². The van der Waals surface area contributed by atoms with E-state index in [0.29, 0.717) is 27.8 Å². The second kappa shape index (κ2) is 11.4. The molecule has 0 spiro atoms. The minimum absolute atomic E-state index is 0.0593. The fourth-order valence-electron chi connectivity index (χ4n) is 3.00. The van der Waals surface area contributed by atoms with Gasteiger partial charge < -0.3 is 5.11 Å². The molecule has 1 heterocycles. The molecule has 7 nitrogen and oxygen atoms in total. The second-order valence-electron chi connectivity index (χ2n) is 7.10. The van der Waals surface area contributed by atoms with Gasteiger partial charge in [0, 0.05) is 18.5 Å². The maximum atomic E-state index is 12.6. The van der Waals surface area contributed by atoms with E-state index in [9.17, 15) is 19.5 Å². The molecule has 1 aliphatic heterocycles. The SMILES string of the molecule is O=C(CCCCCN1C(=O)C(=Cc2ccccc2)SC1=S)NNC(=O)c1ccc(O)cc1. The van der Waals surface area contributed by atoms with E-state index in [0.717, 1.165) is 18.4 Å². The number of aromatic hydroxyl groups is 1. The Morgan fingerprint density at radius 3 is 2.44 bits per heavy atom. The van der Waals surface area contributed by atoms with Crippen molar-refractivity contribution in [3.63, 3.8) is 0 Å². The Labute approximate surface area is 195 Å². The van der Waals surface area contributed by atoms with Gasteiger partial charge >= 0.3 is 0 Å². The highest BCUT2D eigenvalue weighted by atomic mass is 32.2. The van der Waals surface area contributed by atoms with Gasteiger partial charge in [-0.15, -0.1) is 0 Å². The molecular weight excluding hydrogens is 446 g/mol.